The van der Waals surface area contributed by atoms with E-state index in [2.05, 4.69) is 48.3 Å². The van der Waals surface area contributed by atoms with Gasteiger partial charge in [0.2, 0.25) is 5.91 Å². The van der Waals surface area contributed by atoms with Crippen LogP contribution in [-0.4, -0.2) is 30.4 Å². The molecule has 1 aromatic rings. The summed E-state index contributed by atoms with van der Waals surface area (Å²) in [5, 5.41) is 3.10. The lowest BCUT2D eigenvalue weighted by Crippen LogP contribution is -2.40. The van der Waals surface area contributed by atoms with Crippen molar-refractivity contribution in [2.45, 2.75) is 52.5 Å². The van der Waals surface area contributed by atoms with E-state index in [0.29, 0.717) is 0 Å². The molecule has 0 spiro atoms. The van der Waals surface area contributed by atoms with Gasteiger partial charge in [0.25, 0.3) is 0 Å². The molecular formula is C19H30N2O. The van der Waals surface area contributed by atoms with Gasteiger partial charge in [0, 0.05) is 19.0 Å². The van der Waals surface area contributed by atoms with Crippen molar-refractivity contribution in [2.24, 2.45) is 5.92 Å². The second kappa shape index (κ2) is 8.94. The number of carbonyl (C=O) groups is 1. The van der Waals surface area contributed by atoms with Crippen LogP contribution >= 0.6 is 0 Å². The van der Waals surface area contributed by atoms with Crippen LogP contribution in [0.15, 0.2) is 24.3 Å². The number of unbranched alkanes of at least 4 members (excludes halogenated alkanes) is 2. The third-order valence-corrected chi connectivity index (χ3v) is 4.56. The molecule has 3 nitrogen and oxygen atoms in total. The number of carbonyl (C=O) groups excluding carboxylic acids is 1. The topological polar surface area (TPSA) is 32.3 Å². The average Bonchev–Trinajstić information content (AvgIpc) is 2.54. The molecule has 1 amide bonds. The van der Waals surface area contributed by atoms with E-state index in [1.807, 2.05) is 0 Å². The second-order valence-electron chi connectivity index (χ2n) is 6.53. The molecule has 3 heteroatoms. The summed E-state index contributed by atoms with van der Waals surface area (Å²) in [5.41, 5.74) is 2.68. The zero-order valence-electron chi connectivity index (χ0n) is 14.1. The van der Waals surface area contributed by atoms with Crippen molar-refractivity contribution < 1.29 is 4.79 Å². The third kappa shape index (κ3) is 5.45. The Hall–Kier alpha value is -1.35. The summed E-state index contributed by atoms with van der Waals surface area (Å²) in [6.45, 7) is 8.21. The van der Waals surface area contributed by atoms with Gasteiger partial charge in [0.05, 0.1) is 0 Å². The molecular weight excluding hydrogens is 272 g/mol. The molecule has 1 saturated heterocycles. The van der Waals surface area contributed by atoms with E-state index in [-0.39, 0.29) is 11.8 Å². The highest BCUT2D eigenvalue weighted by atomic mass is 16.1. The standard InChI is InChI=1S/C19H30N2O/c1-3-4-5-12-20-19(22)18-10-13-21(14-11-18)15-17-8-6-16(2)7-9-17/h6-9,18H,3-5,10-15H2,1-2H3,(H,20,22). The van der Waals surface area contributed by atoms with Crippen LogP contribution in [0, 0.1) is 12.8 Å². The number of likely N-dealkylation sites (tertiary alicyclic amines) is 1. The summed E-state index contributed by atoms with van der Waals surface area (Å²) in [6, 6.07) is 8.77. The summed E-state index contributed by atoms with van der Waals surface area (Å²) < 4.78 is 0. The van der Waals surface area contributed by atoms with Gasteiger partial charge in [-0.25, -0.2) is 0 Å². The zero-order chi connectivity index (χ0) is 15.8. The van der Waals surface area contributed by atoms with Gasteiger partial charge in [-0.2, -0.15) is 0 Å². The Bertz CT molecular complexity index is 447. The first-order valence-electron chi connectivity index (χ1n) is 8.74. The fourth-order valence-corrected chi connectivity index (χ4v) is 3.04. The molecule has 0 bridgehead atoms. The van der Waals surface area contributed by atoms with Gasteiger partial charge in [-0.05, 0) is 44.8 Å². The van der Waals surface area contributed by atoms with Crippen LogP contribution in [0.5, 0.6) is 0 Å². The van der Waals surface area contributed by atoms with Crippen LogP contribution in [0.4, 0.5) is 0 Å². The molecule has 0 aliphatic carbocycles. The van der Waals surface area contributed by atoms with E-state index in [0.717, 1.165) is 45.4 Å². The first kappa shape index (κ1) is 17.0. The smallest absolute Gasteiger partial charge is 0.223 e. The zero-order valence-corrected chi connectivity index (χ0v) is 14.1. The minimum absolute atomic E-state index is 0.218. The molecule has 0 saturated carbocycles. The number of amides is 1. The number of piperidine rings is 1. The number of benzene rings is 1. The first-order valence-corrected chi connectivity index (χ1v) is 8.74. The lowest BCUT2D eigenvalue weighted by atomic mass is 9.95. The van der Waals surface area contributed by atoms with E-state index in [1.54, 1.807) is 0 Å². The summed E-state index contributed by atoms with van der Waals surface area (Å²) in [5.74, 6) is 0.488. The van der Waals surface area contributed by atoms with Gasteiger partial charge in [0.1, 0.15) is 0 Å². The predicted octanol–water partition coefficient (Wildman–Crippen LogP) is 3.51. The third-order valence-electron chi connectivity index (χ3n) is 4.56. The van der Waals surface area contributed by atoms with E-state index in [1.165, 1.54) is 24.0 Å². The van der Waals surface area contributed by atoms with Gasteiger partial charge in [0.15, 0.2) is 0 Å². The molecule has 1 N–H and O–H groups in total. The maximum absolute atomic E-state index is 12.1. The predicted molar refractivity (Wildman–Crippen MR) is 91.7 cm³/mol. The number of rotatable bonds is 7. The highest BCUT2D eigenvalue weighted by Gasteiger charge is 2.24. The van der Waals surface area contributed by atoms with Crippen molar-refractivity contribution in [2.75, 3.05) is 19.6 Å². The molecule has 2 rings (SSSR count). The number of nitrogens with zero attached hydrogens (tertiary/aromatic N) is 1. The SMILES string of the molecule is CCCCCNC(=O)C1CCN(Cc2ccc(C)cc2)CC1. The highest BCUT2D eigenvalue weighted by molar-refractivity contribution is 5.78. The van der Waals surface area contributed by atoms with Crippen molar-refractivity contribution in [1.29, 1.82) is 0 Å². The Balaban J connectivity index is 1.68. The van der Waals surface area contributed by atoms with Crippen molar-refractivity contribution in [3.63, 3.8) is 0 Å². The molecule has 1 aromatic carbocycles. The Kier molecular flexibility index (Phi) is 6.91. The maximum Gasteiger partial charge on any atom is 0.223 e. The van der Waals surface area contributed by atoms with Crippen molar-refractivity contribution in [3.05, 3.63) is 35.4 Å². The summed E-state index contributed by atoms with van der Waals surface area (Å²) in [6.07, 6.45) is 5.49. The molecule has 122 valence electrons. The van der Waals surface area contributed by atoms with Gasteiger partial charge in [-0.15, -0.1) is 0 Å². The number of nitrogens with one attached hydrogen (secondary N) is 1. The lowest BCUT2D eigenvalue weighted by Gasteiger charge is -2.31. The van der Waals surface area contributed by atoms with Gasteiger partial charge in [-0.1, -0.05) is 49.6 Å². The molecule has 22 heavy (non-hydrogen) atoms. The molecule has 0 radical (unpaired) electrons. The Morgan fingerprint density at radius 3 is 2.50 bits per heavy atom. The van der Waals surface area contributed by atoms with Gasteiger partial charge >= 0.3 is 0 Å². The van der Waals surface area contributed by atoms with Crippen molar-refractivity contribution >= 4 is 5.91 Å². The molecule has 1 fully saturated rings. The first-order chi connectivity index (χ1) is 10.7. The van der Waals surface area contributed by atoms with Crippen molar-refractivity contribution in [1.82, 2.24) is 10.2 Å². The largest absolute Gasteiger partial charge is 0.356 e. The number of aryl methyl sites for hydroxylation is 1. The van der Waals surface area contributed by atoms with Crippen molar-refractivity contribution in [3.8, 4) is 0 Å². The molecule has 0 atom stereocenters. The van der Waals surface area contributed by atoms with E-state index >= 15 is 0 Å². The van der Waals surface area contributed by atoms with E-state index < -0.39 is 0 Å². The normalized spacial score (nSPS) is 16.6. The number of hydrogen-bond donors (Lipinski definition) is 1. The monoisotopic (exact) mass is 302 g/mol. The van der Waals surface area contributed by atoms with E-state index in [4.69, 9.17) is 0 Å². The average molecular weight is 302 g/mol. The van der Waals surface area contributed by atoms with Gasteiger partial charge in [-0.3, -0.25) is 9.69 Å². The van der Waals surface area contributed by atoms with Gasteiger partial charge < -0.3 is 5.32 Å². The highest BCUT2D eigenvalue weighted by Crippen LogP contribution is 2.19. The lowest BCUT2D eigenvalue weighted by molar-refractivity contribution is -0.126. The van der Waals surface area contributed by atoms with E-state index in [9.17, 15) is 4.79 Å². The minimum atomic E-state index is 0.218. The van der Waals surface area contributed by atoms with Crippen LogP contribution in [0.25, 0.3) is 0 Å². The summed E-state index contributed by atoms with van der Waals surface area (Å²) >= 11 is 0. The molecule has 1 aliphatic heterocycles. The molecule has 1 heterocycles. The number of hydrogen-bond acceptors (Lipinski definition) is 2. The van der Waals surface area contributed by atoms with Crippen LogP contribution in [0.2, 0.25) is 0 Å². The van der Waals surface area contributed by atoms with Crippen LogP contribution in [0.1, 0.15) is 50.2 Å². The molecule has 1 aliphatic rings. The maximum atomic E-state index is 12.1. The summed E-state index contributed by atoms with van der Waals surface area (Å²) in [4.78, 5) is 14.6. The van der Waals surface area contributed by atoms with Crippen LogP contribution < -0.4 is 5.32 Å². The molecule has 0 unspecified atom stereocenters. The fourth-order valence-electron chi connectivity index (χ4n) is 3.04. The Labute approximate surface area is 135 Å². The van der Waals surface area contributed by atoms with Crippen LogP contribution in [0.3, 0.4) is 0 Å². The molecule has 0 aromatic heterocycles. The fraction of sp³-hybridized carbons (Fsp3) is 0.632. The Morgan fingerprint density at radius 1 is 1.18 bits per heavy atom. The van der Waals surface area contributed by atoms with Crippen LogP contribution in [-0.2, 0) is 11.3 Å². The quantitative estimate of drug-likeness (QED) is 0.782. The minimum Gasteiger partial charge on any atom is -0.356 e. The second-order valence-corrected chi connectivity index (χ2v) is 6.53. The summed E-state index contributed by atoms with van der Waals surface area (Å²) in [7, 11) is 0. The Morgan fingerprint density at radius 2 is 1.86 bits per heavy atom.